The summed E-state index contributed by atoms with van der Waals surface area (Å²) >= 11 is 0. The lowest BCUT2D eigenvalue weighted by Crippen LogP contribution is -2.09. The van der Waals surface area contributed by atoms with Crippen molar-refractivity contribution in [3.63, 3.8) is 0 Å². The van der Waals surface area contributed by atoms with Crippen molar-refractivity contribution >= 4 is 5.78 Å². The SMILES string of the molecule is O=C(Cc1ccc(F)cc1F)C1C2CCCCC21. The number of benzene rings is 1. The van der Waals surface area contributed by atoms with Gasteiger partial charge in [0, 0.05) is 18.4 Å². The number of hydrogen-bond donors (Lipinski definition) is 0. The standard InChI is InChI=1S/C15H16F2O/c16-10-6-5-9(13(17)8-10)7-14(18)15-11-3-1-2-4-12(11)15/h5-6,8,11-12,15H,1-4,7H2. The summed E-state index contributed by atoms with van der Waals surface area (Å²) in [5, 5.41) is 0. The summed E-state index contributed by atoms with van der Waals surface area (Å²) in [6.07, 6.45) is 4.84. The lowest BCUT2D eigenvalue weighted by atomic mass is 10.0. The van der Waals surface area contributed by atoms with Gasteiger partial charge in [0.05, 0.1) is 0 Å². The van der Waals surface area contributed by atoms with Gasteiger partial charge >= 0.3 is 0 Å². The third-order valence-electron chi connectivity index (χ3n) is 4.41. The molecule has 0 bridgehead atoms. The summed E-state index contributed by atoms with van der Waals surface area (Å²) in [6.45, 7) is 0. The molecule has 0 aliphatic heterocycles. The molecular weight excluding hydrogens is 234 g/mol. The van der Waals surface area contributed by atoms with Gasteiger partial charge in [0.15, 0.2) is 0 Å². The highest BCUT2D eigenvalue weighted by atomic mass is 19.1. The normalized spacial score (nSPS) is 29.8. The molecule has 0 amide bonds. The summed E-state index contributed by atoms with van der Waals surface area (Å²) in [4.78, 5) is 12.1. The van der Waals surface area contributed by atoms with E-state index >= 15 is 0 Å². The van der Waals surface area contributed by atoms with E-state index in [4.69, 9.17) is 0 Å². The Labute approximate surface area is 105 Å². The Morgan fingerprint density at radius 2 is 1.83 bits per heavy atom. The average Bonchev–Trinajstić information content (AvgIpc) is 3.07. The molecule has 2 unspecified atom stereocenters. The van der Waals surface area contributed by atoms with Gasteiger partial charge in [0.25, 0.3) is 0 Å². The minimum Gasteiger partial charge on any atom is -0.299 e. The highest BCUT2D eigenvalue weighted by Crippen LogP contribution is 2.56. The quantitative estimate of drug-likeness (QED) is 0.802. The average molecular weight is 250 g/mol. The van der Waals surface area contributed by atoms with Crippen LogP contribution >= 0.6 is 0 Å². The maximum Gasteiger partial charge on any atom is 0.141 e. The largest absolute Gasteiger partial charge is 0.299 e. The van der Waals surface area contributed by atoms with Crippen molar-refractivity contribution < 1.29 is 13.6 Å². The van der Waals surface area contributed by atoms with Crippen LogP contribution in [0.15, 0.2) is 18.2 Å². The molecule has 0 heterocycles. The van der Waals surface area contributed by atoms with E-state index in [0.29, 0.717) is 17.4 Å². The van der Waals surface area contributed by atoms with Crippen molar-refractivity contribution in [1.82, 2.24) is 0 Å². The van der Waals surface area contributed by atoms with Gasteiger partial charge in [0.1, 0.15) is 17.4 Å². The zero-order valence-corrected chi connectivity index (χ0v) is 10.2. The second-order valence-corrected chi connectivity index (χ2v) is 5.52. The summed E-state index contributed by atoms with van der Waals surface area (Å²) < 4.78 is 26.2. The van der Waals surface area contributed by atoms with E-state index in [1.807, 2.05) is 0 Å². The minimum atomic E-state index is -0.605. The van der Waals surface area contributed by atoms with Crippen LogP contribution in [0.2, 0.25) is 0 Å². The van der Waals surface area contributed by atoms with Crippen molar-refractivity contribution in [1.29, 1.82) is 0 Å². The summed E-state index contributed by atoms with van der Waals surface area (Å²) in [5.41, 5.74) is 0.324. The number of carbonyl (C=O) groups is 1. The minimum absolute atomic E-state index is 0.115. The van der Waals surface area contributed by atoms with Gasteiger partial charge < -0.3 is 0 Å². The fourth-order valence-corrected chi connectivity index (χ4v) is 3.44. The zero-order valence-electron chi connectivity index (χ0n) is 10.2. The Balaban J connectivity index is 1.68. The monoisotopic (exact) mass is 250 g/mol. The first-order chi connectivity index (χ1) is 8.66. The van der Waals surface area contributed by atoms with E-state index in [-0.39, 0.29) is 18.1 Å². The van der Waals surface area contributed by atoms with Crippen LogP contribution in [-0.2, 0) is 11.2 Å². The van der Waals surface area contributed by atoms with Crippen LogP contribution in [0.5, 0.6) is 0 Å². The van der Waals surface area contributed by atoms with E-state index in [0.717, 1.165) is 18.9 Å². The maximum atomic E-state index is 13.5. The molecule has 0 radical (unpaired) electrons. The molecule has 96 valence electrons. The maximum absolute atomic E-state index is 13.5. The van der Waals surface area contributed by atoms with Gasteiger partial charge in [0.2, 0.25) is 0 Å². The number of carbonyl (C=O) groups excluding carboxylic acids is 1. The van der Waals surface area contributed by atoms with E-state index in [1.54, 1.807) is 0 Å². The summed E-state index contributed by atoms with van der Waals surface area (Å²) in [6, 6.07) is 3.45. The van der Waals surface area contributed by atoms with Crippen molar-refractivity contribution in [2.24, 2.45) is 17.8 Å². The molecule has 2 atom stereocenters. The number of halogens is 2. The topological polar surface area (TPSA) is 17.1 Å². The van der Waals surface area contributed by atoms with Crippen LogP contribution in [-0.4, -0.2) is 5.78 Å². The first-order valence-electron chi connectivity index (χ1n) is 6.63. The molecule has 0 N–H and O–H groups in total. The second kappa shape index (κ2) is 4.45. The predicted molar refractivity (Wildman–Crippen MR) is 64.0 cm³/mol. The fourth-order valence-electron chi connectivity index (χ4n) is 3.44. The molecule has 1 aromatic rings. The van der Waals surface area contributed by atoms with E-state index < -0.39 is 11.6 Å². The van der Waals surface area contributed by atoms with Crippen LogP contribution in [0.25, 0.3) is 0 Å². The zero-order chi connectivity index (χ0) is 12.7. The number of ketones is 1. The van der Waals surface area contributed by atoms with Crippen molar-refractivity contribution in [3.8, 4) is 0 Å². The molecule has 2 fully saturated rings. The smallest absolute Gasteiger partial charge is 0.141 e. The van der Waals surface area contributed by atoms with Gasteiger partial charge in [-0.25, -0.2) is 8.78 Å². The van der Waals surface area contributed by atoms with E-state index in [9.17, 15) is 13.6 Å². The number of fused-ring (bicyclic) bond motifs is 1. The van der Waals surface area contributed by atoms with Gasteiger partial charge in [-0.15, -0.1) is 0 Å². The molecule has 18 heavy (non-hydrogen) atoms. The molecule has 2 aliphatic carbocycles. The molecule has 1 nitrogen and oxygen atoms in total. The lowest BCUT2D eigenvalue weighted by Gasteiger charge is -2.04. The second-order valence-electron chi connectivity index (χ2n) is 5.52. The molecule has 3 rings (SSSR count). The molecule has 3 heteroatoms. The Kier molecular flexibility index (Phi) is 2.92. The van der Waals surface area contributed by atoms with Crippen LogP contribution in [0.4, 0.5) is 8.78 Å². The van der Waals surface area contributed by atoms with Crippen molar-refractivity contribution in [2.45, 2.75) is 32.1 Å². The predicted octanol–water partition coefficient (Wildman–Crippen LogP) is 3.51. The summed E-state index contributed by atoms with van der Waals surface area (Å²) in [5.74, 6) is 0.189. The Bertz CT molecular complexity index is 471. The molecule has 0 saturated heterocycles. The highest BCUT2D eigenvalue weighted by molar-refractivity contribution is 5.86. The highest BCUT2D eigenvalue weighted by Gasteiger charge is 2.53. The van der Waals surface area contributed by atoms with Gasteiger partial charge in [-0.05, 0) is 36.3 Å². The third kappa shape index (κ3) is 2.06. The van der Waals surface area contributed by atoms with E-state index in [2.05, 4.69) is 0 Å². The fraction of sp³-hybridized carbons (Fsp3) is 0.533. The molecule has 1 aromatic carbocycles. The lowest BCUT2D eigenvalue weighted by molar-refractivity contribution is -0.120. The van der Waals surface area contributed by atoms with Crippen molar-refractivity contribution in [3.05, 3.63) is 35.4 Å². The van der Waals surface area contributed by atoms with Crippen LogP contribution in [0.1, 0.15) is 31.2 Å². The van der Waals surface area contributed by atoms with Gasteiger partial charge in [-0.3, -0.25) is 4.79 Å². The number of Topliss-reactive ketones (excluding diaryl/α,β-unsaturated/α-hetero) is 1. The van der Waals surface area contributed by atoms with Gasteiger partial charge in [-0.2, -0.15) is 0 Å². The third-order valence-corrected chi connectivity index (χ3v) is 4.41. The molecule has 2 aliphatic rings. The Hall–Kier alpha value is -1.25. The first kappa shape index (κ1) is 11.8. The van der Waals surface area contributed by atoms with Crippen LogP contribution < -0.4 is 0 Å². The molecular formula is C15H16F2O. The van der Waals surface area contributed by atoms with Crippen molar-refractivity contribution in [2.75, 3.05) is 0 Å². The van der Waals surface area contributed by atoms with E-state index in [1.165, 1.54) is 25.0 Å². The Morgan fingerprint density at radius 3 is 2.44 bits per heavy atom. The molecule has 0 aromatic heterocycles. The van der Waals surface area contributed by atoms with Gasteiger partial charge in [-0.1, -0.05) is 18.9 Å². The molecule has 2 saturated carbocycles. The number of rotatable bonds is 3. The Morgan fingerprint density at radius 1 is 1.17 bits per heavy atom. The van der Waals surface area contributed by atoms with Crippen LogP contribution in [0.3, 0.4) is 0 Å². The number of hydrogen-bond acceptors (Lipinski definition) is 1. The molecule has 0 spiro atoms. The van der Waals surface area contributed by atoms with Crippen LogP contribution in [0, 0.1) is 29.4 Å². The first-order valence-corrected chi connectivity index (χ1v) is 6.63. The summed E-state index contributed by atoms with van der Waals surface area (Å²) in [7, 11) is 0.